The molecule has 1 spiro atoms. The van der Waals surface area contributed by atoms with E-state index >= 15 is 0 Å². The molecule has 3 nitrogen and oxygen atoms in total. The van der Waals surface area contributed by atoms with E-state index in [1.54, 1.807) is 0 Å². The summed E-state index contributed by atoms with van der Waals surface area (Å²) in [6.07, 6.45) is 4.39. The summed E-state index contributed by atoms with van der Waals surface area (Å²) in [5.41, 5.74) is -0.200. The second-order valence-corrected chi connectivity index (χ2v) is 6.32. The van der Waals surface area contributed by atoms with Crippen molar-refractivity contribution in [2.45, 2.75) is 70.5 Å². The number of amides is 1. The molecule has 1 saturated heterocycles. The van der Waals surface area contributed by atoms with Crippen molar-refractivity contribution in [2.24, 2.45) is 0 Å². The maximum absolute atomic E-state index is 12.5. The normalized spacial score (nSPS) is 28.1. The molecule has 2 aliphatic rings. The van der Waals surface area contributed by atoms with E-state index in [4.69, 9.17) is 0 Å². The Morgan fingerprint density at radius 3 is 2.31 bits per heavy atom. The quantitative estimate of drug-likeness (QED) is 0.738. The first kappa shape index (κ1) is 11.9. The van der Waals surface area contributed by atoms with Crippen LogP contribution in [-0.2, 0) is 4.79 Å². The highest BCUT2D eigenvalue weighted by Gasteiger charge is 2.51. The molecule has 1 aliphatic heterocycles. The van der Waals surface area contributed by atoms with E-state index in [1.807, 2.05) is 0 Å². The maximum Gasteiger partial charge on any atom is 0.243 e. The molecule has 1 amide bonds. The molecule has 0 radical (unpaired) electrons. The highest BCUT2D eigenvalue weighted by Crippen LogP contribution is 2.37. The minimum Gasteiger partial charge on any atom is -0.337 e. The highest BCUT2D eigenvalue weighted by atomic mass is 16.2. The van der Waals surface area contributed by atoms with E-state index in [0.29, 0.717) is 11.9 Å². The summed E-state index contributed by atoms with van der Waals surface area (Å²) in [7, 11) is 0. The molecule has 0 bridgehead atoms. The van der Waals surface area contributed by atoms with E-state index in [-0.39, 0.29) is 11.1 Å². The topological polar surface area (TPSA) is 32.3 Å². The van der Waals surface area contributed by atoms with Gasteiger partial charge in [-0.15, -0.1) is 0 Å². The van der Waals surface area contributed by atoms with Crippen molar-refractivity contribution in [3.63, 3.8) is 0 Å². The van der Waals surface area contributed by atoms with Crippen molar-refractivity contribution >= 4 is 5.91 Å². The zero-order chi connectivity index (χ0) is 12.0. The van der Waals surface area contributed by atoms with E-state index in [9.17, 15) is 4.79 Å². The smallest absolute Gasteiger partial charge is 0.243 e. The fourth-order valence-corrected chi connectivity index (χ4v) is 3.25. The molecule has 92 valence electrons. The van der Waals surface area contributed by atoms with Gasteiger partial charge in [-0.1, -0.05) is 12.8 Å². The molecule has 2 rings (SSSR count). The minimum absolute atomic E-state index is 0.0442. The molecule has 0 aromatic carbocycles. The van der Waals surface area contributed by atoms with Gasteiger partial charge in [0.25, 0.3) is 0 Å². The standard InChI is InChI=1S/C13H24N2O/c1-10(2)15-9-12(3,4)14-13(11(15)16)7-5-6-8-13/h10,14H,5-9H2,1-4H3. The van der Waals surface area contributed by atoms with Crippen molar-refractivity contribution in [2.75, 3.05) is 6.54 Å². The number of nitrogens with one attached hydrogen (secondary N) is 1. The van der Waals surface area contributed by atoms with Gasteiger partial charge in [-0.3, -0.25) is 10.1 Å². The van der Waals surface area contributed by atoms with Crippen LogP contribution >= 0.6 is 0 Å². The zero-order valence-corrected chi connectivity index (χ0v) is 11.0. The maximum atomic E-state index is 12.5. The molecule has 0 aromatic heterocycles. The SMILES string of the molecule is CC(C)N1CC(C)(C)NC2(CCCC2)C1=O. The Bertz CT molecular complexity index is 290. The van der Waals surface area contributed by atoms with Gasteiger partial charge in [-0.2, -0.15) is 0 Å². The van der Waals surface area contributed by atoms with Crippen molar-refractivity contribution in [1.82, 2.24) is 10.2 Å². The van der Waals surface area contributed by atoms with Gasteiger partial charge in [-0.25, -0.2) is 0 Å². The molecule has 1 heterocycles. The third kappa shape index (κ3) is 1.86. The Labute approximate surface area is 98.6 Å². The average molecular weight is 224 g/mol. The van der Waals surface area contributed by atoms with E-state index in [2.05, 4.69) is 37.9 Å². The minimum atomic E-state index is -0.244. The first-order valence-corrected chi connectivity index (χ1v) is 6.47. The van der Waals surface area contributed by atoms with Gasteiger partial charge in [0, 0.05) is 18.1 Å². The van der Waals surface area contributed by atoms with Gasteiger partial charge < -0.3 is 4.90 Å². The van der Waals surface area contributed by atoms with Crippen LogP contribution in [0.25, 0.3) is 0 Å². The van der Waals surface area contributed by atoms with Crippen LogP contribution in [0.3, 0.4) is 0 Å². The largest absolute Gasteiger partial charge is 0.337 e. The first-order valence-electron chi connectivity index (χ1n) is 6.47. The lowest BCUT2D eigenvalue weighted by atomic mass is 9.85. The van der Waals surface area contributed by atoms with Crippen LogP contribution in [0.1, 0.15) is 53.4 Å². The lowest BCUT2D eigenvalue weighted by molar-refractivity contribution is -0.147. The average Bonchev–Trinajstić information content (AvgIpc) is 2.60. The number of carbonyl (C=O) groups excluding carboxylic acids is 1. The van der Waals surface area contributed by atoms with Gasteiger partial charge in [-0.05, 0) is 40.5 Å². The van der Waals surface area contributed by atoms with Crippen LogP contribution in [0.4, 0.5) is 0 Å². The fraction of sp³-hybridized carbons (Fsp3) is 0.923. The Kier molecular flexibility index (Phi) is 2.77. The van der Waals surface area contributed by atoms with Crippen LogP contribution in [0.2, 0.25) is 0 Å². The summed E-state index contributed by atoms with van der Waals surface area (Å²) < 4.78 is 0. The third-order valence-corrected chi connectivity index (χ3v) is 3.89. The molecule has 0 unspecified atom stereocenters. The molecule has 2 fully saturated rings. The highest BCUT2D eigenvalue weighted by molar-refractivity contribution is 5.88. The number of rotatable bonds is 1. The van der Waals surface area contributed by atoms with Crippen LogP contribution in [-0.4, -0.2) is 34.5 Å². The molecule has 16 heavy (non-hydrogen) atoms. The Hall–Kier alpha value is -0.570. The summed E-state index contributed by atoms with van der Waals surface area (Å²) in [4.78, 5) is 14.6. The molecule has 0 atom stereocenters. The molecular weight excluding hydrogens is 200 g/mol. The predicted molar refractivity (Wildman–Crippen MR) is 65.3 cm³/mol. The molecule has 1 N–H and O–H groups in total. The summed E-state index contributed by atoms with van der Waals surface area (Å²) in [6.45, 7) is 9.46. The molecule has 1 aliphatic carbocycles. The van der Waals surface area contributed by atoms with E-state index in [1.165, 1.54) is 12.8 Å². The summed E-state index contributed by atoms with van der Waals surface area (Å²) in [5.74, 6) is 0.333. The molecule has 1 saturated carbocycles. The van der Waals surface area contributed by atoms with E-state index in [0.717, 1.165) is 19.4 Å². The lowest BCUT2D eigenvalue weighted by Crippen LogP contribution is -2.72. The van der Waals surface area contributed by atoms with Crippen molar-refractivity contribution in [3.8, 4) is 0 Å². The predicted octanol–water partition coefficient (Wildman–Crippen LogP) is 1.92. The van der Waals surface area contributed by atoms with Crippen LogP contribution in [0.15, 0.2) is 0 Å². The monoisotopic (exact) mass is 224 g/mol. The van der Waals surface area contributed by atoms with Crippen molar-refractivity contribution in [3.05, 3.63) is 0 Å². The number of piperazine rings is 1. The first-order chi connectivity index (χ1) is 7.36. The number of hydrogen-bond donors (Lipinski definition) is 1. The molecular formula is C13H24N2O. The van der Waals surface area contributed by atoms with Crippen LogP contribution < -0.4 is 5.32 Å². The number of nitrogens with zero attached hydrogens (tertiary/aromatic N) is 1. The molecule has 0 aromatic rings. The van der Waals surface area contributed by atoms with Crippen LogP contribution in [0, 0.1) is 0 Å². The molecule has 3 heteroatoms. The Morgan fingerprint density at radius 1 is 1.25 bits per heavy atom. The van der Waals surface area contributed by atoms with Crippen molar-refractivity contribution in [1.29, 1.82) is 0 Å². The zero-order valence-electron chi connectivity index (χ0n) is 11.0. The summed E-state index contributed by atoms with van der Waals surface area (Å²) in [5, 5.41) is 3.61. The van der Waals surface area contributed by atoms with Crippen molar-refractivity contribution < 1.29 is 4.79 Å². The van der Waals surface area contributed by atoms with Gasteiger partial charge in [0.15, 0.2) is 0 Å². The number of carbonyl (C=O) groups is 1. The van der Waals surface area contributed by atoms with Gasteiger partial charge >= 0.3 is 0 Å². The van der Waals surface area contributed by atoms with E-state index < -0.39 is 0 Å². The Morgan fingerprint density at radius 2 is 1.81 bits per heavy atom. The third-order valence-electron chi connectivity index (χ3n) is 3.89. The number of hydrogen-bond acceptors (Lipinski definition) is 2. The summed E-state index contributed by atoms with van der Waals surface area (Å²) in [6, 6.07) is 0.311. The van der Waals surface area contributed by atoms with Crippen LogP contribution in [0.5, 0.6) is 0 Å². The van der Waals surface area contributed by atoms with Gasteiger partial charge in [0.05, 0.1) is 5.54 Å². The lowest BCUT2D eigenvalue weighted by Gasteiger charge is -2.50. The Balaban J connectivity index is 2.29. The fourth-order valence-electron chi connectivity index (χ4n) is 3.25. The second-order valence-electron chi connectivity index (χ2n) is 6.32. The summed E-state index contributed by atoms with van der Waals surface area (Å²) >= 11 is 0. The van der Waals surface area contributed by atoms with Gasteiger partial charge in [0.1, 0.15) is 0 Å². The van der Waals surface area contributed by atoms with Gasteiger partial charge in [0.2, 0.25) is 5.91 Å². The second kappa shape index (κ2) is 3.73.